The van der Waals surface area contributed by atoms with E-state index < -0.39 is 23.0 Å². The van der Waals surface area contributed by atoms with Gasteiger partial charge in [0.2, 0.25) is 0 Å². The summed E-state index contributed by atoms with van der Waals surface area (Å²) in [5.74, 6) is 0.268. The lowest BCUT2D eigenvalue weighted by Crippen LogP contribution is -2.25. The number of hydrogen-bond acceptors (Lipinski definition) is 5. The molecule has 1 unspecified atom stereocenters. The summed E-state index contributed by atoms with van der Waals surface area (Å²) in [5, 5.41) is 3.94. The van der Waals surface area contributed by atoms with Crippen molar-refractivity contribution in [3.8, 4) is 0 Å². The van der Waals surface area contributed by atoms with Crippen LogP contribution in [0.25, 0.3) is 10.9 Å². The van der Waals surface area contributed by atoms with Crippen molar-refractivity contribution in [1.29, 1.82) is 0 Å². The highest BCUT2D eigenvalue weighted by Gasteiger charge is 2.20. The van der Waals surface area contributed by atoms with E-state index in [1.54, 1.807) is 18.2 Å². The van der Waals surface area contributed by atoms with Gasteiger partial charge in [0.05, 0.1) is 5.52 Å². The summed E-state index contributed by atoms with van der Waals surface area (Å²) in [7, 11) is -0.977. The van der Waals surface area contributed by atoms with Crippen molar-refractivity contribution in [3.63, 3.8) is 0 Å². The number of halogens is 2. The lowest BCUT2D eigenvalue weighted by Gasteiger charge is -2.21. The third-order valence-electron chi connectivity index (χ3n) is 4.85. The van der Waals surface area contributed by atoms with Crippen molar-refractivity contribution >= 4 is 33.2 Å². The molecule has 0 radical (unpaired) electrons. The minimum absolute atomic E-state index is 0.153. The van der Waals surface area contributed by atoms with Gasteiger partial charge in [-0.05, 0) is 42.7 Å². The Labute approximate surface area is 170 Å². The molecule has 8 heteroatoms. The summed E-state index contributed by atoms with van der Waals surface area (Å²) >= 11 is 0. The van der Waals surface area contributed by atoms with Crippen LogP contribution in [0.4, 0.5) is 20.3 Å². The molecule has 1 N–H and O–H groups in total. The van der Waals surface area contributed by atoms with Crippen molar-refractivity contribution in [2.75, 3.05) is 18.5 Å². The fourth-order valence-electron chi connectivity index (χ4n) is 3.38. The maximum Gasteiger partial charge on any atom is 0.297 e. The number of para-hydroxylation sites is 1. The van der Waals surface area contributed by atoms with Crippen LogP contribution in [0.2, 0.25) is 0 Å². The van der Waals surface area contributed by atoms with Gasteiger partial charge in [-0.25, -0.2) is 18.7 Å². The molecule has 0 amide bonds. The van der Waals surface area contributed by atoms with Crippen LogP contribution >= 0.6 is 0 Å². The molecular formula is C21H21F2N3O2S. The zero-order chi connectivity index (χ0) is 20.2. The largest absolute Gasteiger partial charge is 0.381 e. The molecule has 29 heavy (non-hydrogen) atoms. The van der Waals surface area contributed by atoms with Crippen LogP contribution in [-0.2, 0) is 21.3 Å². The number of fused-ring (bicyclic) bond motifs is 1. The summed E-state index contributed by atoms with van der Waals surface area (Å²) in [5.41, 5.74) is 2.08. The summed E-state index contributed by atoms with van der Waals surface area (Å²) in [6.07, 6.45) is -1.13. The van der Waals surface area contributed by atoms with Gasteiger partial charge in [0, 0.05) is 46.1 Å². The molecule has 1 aromatic heterocycles. The van der Waals surface area contributed by atoms with E-state index in [9.17, 15) is 13.0 Å². The van der Waals surface area contributed by atoms with Crippen LogP contribution in [-0.4, -0.2) is 32.6 Å². The summed E-state index contributed by atoms with van der Waals surface area (Å²) in [4.78, 5) is 7.95. The number of nitrogens with zero attached hydrogens (tertiary/aromatic N) is 2. The number of ether oxygens (including phenoxy) is 1. The lowest BCUT2D eigenvalue weighted by molar-refractivity contribution is 0.0992. The Hall–Kier alpha value is -2.45. The average Bonchev–Trinajstić information content (AvgIpc) is 2.74. The average molecular weight is 417 g/mol. The van der Waals surface area contributed by atoms with Gasteiger partial charge in [-0.3, -0.25) is 4.21 Å². The molecule has 152 valence electrons. The predicted molar refractivity (Wildman–Crippen MR) is 110 cm³/mol. The molecule has 4 rings (SSSR count). The normalized spacial score (nSPS) is 16.2. The maximum absolute atomic E-state index is 13.2. The Morgan fingerprint density at radius 1 is 1.10 bits per heavy atom. The molecule has 1 atom stereocenters. The molecule has 0 spiro atoms. The molecule has 0 saturated carbocycles. The van der Waals surface area contributed by atoms with Gasteiger partial charge >= 0.3 is 0 Å². The molecule has 1 fully saturated rings. The fourth-order valence-corrected chi connectivity index (χ4v) is 4.85. The number of alkyl halides is 2. The van der Waals surface area contributed by atoms with Crippen LogP contribution in [0, 0.1) is 0 Å². The number of benzene rings is 2. The second-order valence-corrected chi connectivity index (χ2v) is 8.63. The van der Waals surface area contributed by atoms with Gasteiger partial charge in [-0.15, -0.1) is 0 Å². The maximum atomic E-state index is 13.2. The number of aromatic nitrogens is 2. The SMILES string of the molecule is O=S(Cc1cccc(Nc2nc(C(F)F)nc3ccccc23)c1)C1CCOCC1. The molecule has 5 nitrogen and oxygen atoms in total. The molecular weight excluding hydrogens is 396 g/mol. The van der Waals surface area contributed by atoms with E-state index in [1.807, 2.05) is 30.3 Å². The monoisotopic (exact) mass is 417 g/mol. The van der Waals surface area contributed by atoms with E-state index in [1.165, 1.54) is 0 Å². The predicted octanol–water partition coefficient (Wildman–Crippen LogP) is 4.74. The van der Waals surface area contributed by atoms with E-state index in [-0.39, 0.29) is 5.25 Å². The number of nitrogens with one attached hydrogen (secondary N) is 1. The molecule has 0 aliphatic carbocycles. The molecule has 3 aromatic rings. The third-order valence-corrected chi connectivity index (χ3v) is 6.69. The van der Waals surface area contributed by atoms with E-state index in [0.717, 1.165) is 18.4 Å². The minimum Gasteiger partial charge on any atom is -0.381 e. The highest BCUT2D eigenvalue weighted by atomic mass is 32.2. The van der Waals surface area contributed by atoms with E-state index in [0.29, 0.717) is 41.4 Å². The fraction of sp³-hybridized carbons (Fsp3) is 0.333. The quantitative estimate of drug-likeness (QED) is 0.628. The Bertz CT molecular complexity index is 1030. The van der Waals surface area contributed by atoms with E-state index in [2.05, 4.69) is 15.3 Å². The first-order valence-electron chi connectivity index (χ1n) is 9.46. The first-order chi connectivity index (χ1) is 14.1. The molecule has 1 aliphatic rings. The van der Waals surface area contributed by atoms with Gasteiger partial charge in [-0.1, -0.05) is 24.3 Å². The zero-order valence-electron chi connectivity index (χ0n) is 15.7. The van der Waals surface area contributed by atoms with Gasteiger partial charge in [-0.2, -0.15) is 0 Å². The zero-order valence-corrected chi connectivity index (χ0v) is 16.5. The summed E-state index contributed by atoms with van der Waals surface area (Å²) in [6.45, 7) is 1.32. The Morgan fingerprint density at radius 3 is 2.69 bits per heavy atom. The van der Waals surface area contributed by atoms with Crippen LogP contribution < -0.4 is 5.32 Å². The second kappa shape index (κ2) is 8.92. The number of hydrogen-bond donors (Lipinski definition) is 1. The van der Waals surface area contributed by atoms with E-state index >= 15 is 0 Å². The minimum atomic E-state index is -2.76. The van der Waals surface area contributed by atoms with Crippen molar-refractivity contribution in [2.45, 2.75) is 30.3 Å². The van der Waals surface area contributed by atoms with Gasteiger partial charge in [0.25, 0.3) is 6.43 Å². The van der Waals surface area contributed by atoms with Gasteiger partial charge in [0.1, 0.15) is 5.82 Å². The Balaban J connectivity index is 1.57. The standard InChI is InChI=1S/C21H21F2N3O2S/c22-19(23)21-25-18-7-2-1-6-17(18)20(26-21)24-15-5-3-4-14(12-15)13-29(27)16-8-10-28-11-9-16/h1-7,12,16,19H,8-11,13H2,(H,24,25,26). The molecule has 1 saturated heterocycles. The van der Waals surface area contributed by atoms with Crippen molar-refractivity contribution in [2.24, 2.45) is 0 Å². The van der Waals surface area contributed by atoms with Crippen molar-refractivity contribution in [1.82, 2.24) is 9.97 Å². The first-order valence-corrected chi connectivity index (χ1v) is 10.8. The topological polar surface area (TPSA) is 64.1 Å². The summed E-state index contributed by atoms with van der Waals surface area (Å²) in [6, 6.07) is 14.5. The van der Waals surface area contributed by atoms with Crippen LogP contribution in [0.15, 0.2) is 48.5 Å². The second-order valence-electron chi connectivity index (χ2n) is 6.91. The van der Waals surface area contributed by atoms with Gasteiger partial charge < -0.3 is 10.1 Å². The van der Waals surface area contributed by atoms with Crippen LogP contribution in [0.3, 0.4) is 0 Å². The first kappa shape index (κ1) is 19.8. The number of rotatable bonds is 6. The van der Waals surface area contributed by atoms with Crippen molar-refractivity contribution in [3.05, 3.63) is 59.9 Å². The molecule has 1 aliphatic heterocycles. The lowest BCUT2D eigenvalue weighted by atomic mass is 10.2. The Kier molecular flexibility index (Phi) is 6.10. The molecule has 2 heterocycles. The third kappa shape index (κ3) is 4.76. The van der Waals surface area contributed by atoms with Crippen LogP contribution in [0.5, 0.6) is 0 Å². The van der Waals surface area contributed by atoms with E-state index in [4.69, 9.17) is 4.74 Å². The van der Waals surface area contributed by atoms with Crippen molar-refractivity contribution < 1.29 is 17.7 Å². The smallest absolute Gasteiger partial charge is 0.297 e. The highest BCUT2D eigenvalue weighted by Crippen LogP contribution is 2.27. The molecule has 0 bridgehead atoms. The highest BCUT2D eigenvalue weighted by molar-refractivity contribution is 7.84. The molecule has 2 aromatic carbocycles. The Morgan fingerprint density at radius 2 is 1.90 bits per heavy atom. The van der Waals surface area contributed by atoms with Gasteiger partial charge in [0.15, 0.2) is 5.82 Å². The summed E-state index contributed by atoms with van der Waals surface area (Å²) < 4.78 is 44.4. The van der Waals surface area contributed by atoms with Crippen LogP contribution in [0.1, 0.15) is 30.7 Å². The number of anilines is 2.